The van der Waals surface area contributed by atoms with Crippen molar-refractivity contribution in [3.8, 4) is 0 Å². The van der Waals surface area contributed by atoms with E-state index < -0.39 is 0 Å². The van der Waals surface area contributed by atoms with Gasteiger partial charge in [-0.15, -0.1) is 0 Å². The van der Waals surface area contributed by atoms with Gasteiger partial charge in [-0.2, -0.15) is 11.1 Å². The van der Waals surface area contributed by atoms with Crippen molar-refractivity contribution in [3.63, 3.8) is 0 Å². The molecule has 0 aromatic rings. The van der Waals surface area contributed by atoms with Gasteiger partial charge in [-0.05, 0) is 44.2 Å². The molecule has 0 aliphatic rings. The molecule has 1 nitrogen and oxygen atoms in total. The molecule has 0 aliphatic heterocycles. The molecule has 0 aromatic carbocycles. The van der Waals surface area contributed by atoms with Crippen LogP contribution in [0.25, 0.3) is 0 Å². The summed E-state index contributed by atoms with van der Waals surface area (Å²) >= 11 is 6.12. The van der Waals surface area contributed by atoms with Gasteiger partial charge < -0.3 is 4.43 Å². The summed E-state index contributed by atoms with van der Waals surface area (Å²) in [5.41, 5.74) is 1.25. The molecule has 3 atom stereocenters. The predicted molar refractivity (Wildman–Crippen MR) is 80.1 cm³/mol. The van der Waals surface area contributed by atoms with Crippen LogP contribution in [0.2, 0.25) is 11.1 Å². The van der Waals surface area contributed by atoms with Gasteiger partial charge in [0.2, 0.25) is 9.76 Å². The third kappa shape index (κ3) is 8.41. The van der Waals surface area contributed by atoms with E-state index >= 15 is 0 Å². The maximum absolute atomic E-state index is 6.12. The first-order chi connectivity index (χ1) is 7.84. The first kappa shape index (κ1) is 17.7. The molecule has 0 heterocycles. The lowest BCUT2D eigenvalue weighted by molar-refractivity contribution is 0.133. The Morgan fingerprint density at radius 2 is 1.71 bits per heavy atom. The molecule has 0 amide bonds. The maximum atomic E-state index is 6.12. The summed E-state index contributed by atoms with van der Waals surface area (Å²) in [5.74, 6) is 0.776. The monoisotopic (exact) mass is 290 g/mol. The highest BCUT2D eigenvalue weighted by atomic mass is 35.6. The number of rotatable bonds is 8. The van der Waals surface area contributed by atoms with Crippen LogP contribution in [0.4, 0.5) is 0 Å². The molecule has 3 unspecified atom stereocenters. The molecule has 0 rings (SSSR count). The van der Waals surface area contributed by atoms with Gasteiger partial charge in [-0.1, -0.05) is 33.6 Å². The maximum Gasteiger partial charge on any atom is 0.233 e. The summed E-state index contributed by atoms with van der Waals surface area (Å²) in [6.45, 7) is 13.2. The largest absolute Gasteiger partial charge is 0.413 e. The molecule has 0 bridgehead atoms. The van der Waals surface area contributed by atoms with Crippen LogP contribution in [0.3, 0.4) is 0 Å². The molecular weight excluding hydrogens is 264 g/mol. The quantitative estimate of drug-likeness (QED) is 0.465. The lowest BCUT2D eigenvalue weighted by Crippen LogP contribution is -2.27. The van der Waals surface area contributed by atoms with Gasteiger partial charge in [0.25, 0.3) is 0 Å². The minimum absolute atomic E-state index is 0.0279. The van der Waals surface area contributed by atoms with Crippen LogP contribution in [0.5, 0.6) is 0 Å². The zero-order valence-corrected chi connectivity index (χ0v) is 14.9. The Hall–Kier alpha value is 0.684. The highest BCUT2D eigenvalue weighted by molar-refractivity contribution is 6.94. The van der Waals surface area contributed by atoms with Crippen molar-refractivity contribution in [1.29, 1.82) is 0 Å². The number of hydrogen-bond acceptors (Lipinski definition) is 1. The standard InChI is InChI=1S/C13H27ClOSi2/c1-7-10(3)9-12(11(8-2)16-14)17-15-13(4,5)6/h10-12H,7-9H2,1-6H3. The van der Waals surface area contributed by atoms with E-state index in [2.05, 4.69) is 41.5 Å². The Morgan fingerprint density at radius 3 is 2.06 bits per heavy atom. The molecule has 0 saturated heterocycles. The van der Waals surface area contributed by atoms with Crippen molar-refractivity contribution in [2.24, 2.45) is 5.92 Å². The zero-order chi connectivity index (χ0) is 13.5. The van der Waals surface area contributed by atoms with Gasteiger partial charge in [-0.3, -0.25) is 0 Å². The van der Waals surface area contributed by atoms with E-state index in [1.807, 2.05) is 0 Å². The van der Waals surface area contributed by atoms with Gasteiger partial charge in [0.1, 0.15) is 0 Å². The van der Waals surface area contributed by atoms with Crippen molar-refractivity contribution < 1.29 is 4.43 Å². The summed E-state index contributed by atoms with van der Waals surface area (Å²) in [4.78, 5) is 0. The Labute approximate surface area is 118 Å². The van der Waals surface area contributed by atoms with E-state index in [4.69, 9.17) is 15.5 Å². The van der Waals surface area contributed by atoms with Crippen LogP contribution in [0, 0.1) is 5.92 Å². The lowest BCUT2D eigenvalue weighted by Gasteiger charge is -2.29. The topological polar surface area (TPSA) is 9.23 Å². The Kier molecular flexibility index (Phi) is 9.08. The smallest absolute Gasteiger partial charge is 0.233 e. The van der Waals surface area contributed by atoms with Gasteiger partial charge in [0.15, 0.2) is 8.83 Å². The first-order valence-corrected chi connectivity index (χ1v) is 9.71. The van der Waals surface area contributed by atoms with Crippen LogP contribution in [-0.4, -0.2) is 24.2 Å². The van der Waals surface area contributed by atoms with Crippen LogP contribution in [-0.2, 0) is 4.43 Å². The Balaban J connectivity index is 4.39. The minimum Gasteiger partial charge on any atom is -0.413 e. The van der Waals surface area contributed by atoms with Crippen LogP contribution >= 0.6 is 11.1 Å². The van der Waals surface area contributed by atoms with Gasteiger partial charge >= 0.3 is 0 Å². The molecule has 4 radical (unpaired) electrons. The fourth-order valence-electron chi connectivity index (χ4n) is 1.58. The van der Waals surface area contributed by atoms with E-state index in [1.165, 1.54) is 19.3 Å². The molecule has 100 valence electrons. The minimum atomic E-state index is -0.0279. The van der Waals surface area contributed by atoms with Crippen molar-refractivity contribution in [2.45, 2.75) is 77.5 Å². The SMILES string of the molecule is CCC(C)CC([Si]OC(C)(C)C)C(CC)[Si]Cl. The summed E-state index contributed by atoms with van der Waals surface area (Å²) in [7, 11) is 1.11. The molecule has 0 fully saturated rings. The molecule has 4 heteroatoms. The third-order valence-corrected chi connectivity index (χ3v) is 6.87. The van der Waals surface area contributed by atoms with Crippen LogP contribution in [0.15, 0.2) is 0 Å². The Morgan fingerprint density at radius 1 is 1.12 bits per heavy atom. The predicted octanol–water partition coefficient (Wildman–Crippen LogP) is 4.70. The molecule has 0 spiro atoms. The fourth-order valence-corrected chi connectivity index (χ4v) is 5.12. The fraction of sp³-hybridized carbons (Fsp3) is 1.00. The van der Waals surface area contributed by atoms with E-state index in [0.29, 0.717) is 29.7 Å². The van der Waals surface area contributed by atoms with E-state index in [1.54, 1.807) is 0 Å². The van der Waals surface area contributed by atoms with Crippen molar-refractivity contribution in [2.75, 3.05) is 0 Å². The summed E-state index contributed by atoms with van der Waals surface area (Å²) in [6.07, 6.45) is 3.67. The van der Waals surface area contributed by atoms with Gasteiger partial charge in [0, 0.05) is 5.60 Å². The van der Waals surface area contributed by atoms with Gasteiger partial charge in [0.05, 0.1) is 0 Å². The number of hydrogen-bond donors (Lipinski definition) is 0. The van der Waals surface area contributed by atoms with Crippen molar-refractivity contribution in [1.82, 2.24) is 0 Å². The summed E-state index contributed by atoms with van der Waals surface area (Å²) in [5, 5.41) is 0. The average Bonchev–Trinajstić information content (AvgIpc) is 2.25. The molecule has 0 aliphatic carbocycles. The molecular formula is C13H27ClOSi2. The second-order valence-corrected chi connectivity index (χ2v) is 8.61. The van der Waals surface area contributed by atoms with Crippen LogP contribution < -0.4 is 0 Å². The molecule has 17 heavy (non-hydrogen) atoms. The summed E-state index contributed by atoms with van der Waals surface area (Å²) < 4.78 is 6.00. The van der Waals surface area contributed by atoms with E-state index in [0.717, 1.165) is 5.92 Å². The van der Waals surface area contributed by atoms with E-state index in [-0.39, 0.29) is 5.60 Å². The highest BCUT2D eigenvalue weighted by Gasteiger charge is 2.25. The van der Waals surface area contributed by atoms with E-state index in [9.17, 15) is 0 Å². The molecule has 0 N–H and O–H groups in total. The molecule has 0 aromatic heterocycles. The second-order valence-electron chi connectivity index (χ2n) is 5.81. The van der Waals surface area contributed by atoms with Crippen molar-refractivity contribution in [3.05, 3.63) is 0 Å². The van der Waals surface area contributed by atoms with Crippen molar-refractivity contribution >= 4 is 29.7 Å². The zero-order valence-electron chi connectivity index (χ0n) is 12.1. The first-order valence-electron chi connectivity index (χ1n) is 6.63. The highest BCUT2D eigenvalue weighted by Crippen LogP contribution is 2.34. The van der Waals surface area contributed by atoms with Gasteiger partial charge in [-0.25, -0.2) is 0 Å². The third-order valence-electron chi connectivity index (χ3n) is 2.94. The average molecular weight is 291 g/mol. The normalized spacial score (nSPS) is 17.8. The van der Waals surface area contributed by atoms with Crippen LogP contribution in [0.1, 0.15) is 60.8 Å². The lowest BCUT2D eigenvalue weighted by atomic mass is 10.00. The second kappa shape index (κ2) is 8.73. The number of halogens is 1. The Bertz CT molecular complexity index is 190. The molecule has 0 saturated carbocycles. The summed E-state index contributed by atoms with van der Waals surface area (Å²) in [6, 6.07) is 0.